The molecule has 2 aliphatic rings. The number of hydrogen-bond donors (Lipinski definition) is 1. The summed E-state index contributed by atoms with van der Waals surface area (Å²) in [6.07, 6.45) is 5.42. The number of allylic oxidation sites excluding steroid dienone is 2. The molecule has 0 saturated carbocycles. The van der Waals surface area contributed by atoms with E-state index in [1.54, 1.807) is 6.92 Å². The standard InChI is InChI=1S/C20H17Cl2NO/c1-11(24)12-8-9-18-15(10-12)13-4-2-5-14(13)20(23-18)19-16(21)6-3-7-17(19)22/h2-4,6-10,13-14,20,23H,5H2,1H3/t13-,14+,20-/m1/s1. The molecule has 122 valence electrons. The van der Waals surface area contributed by atoms with Crippen LogP contribution in [0.25, 0.3) is 0 Å². The van der Waals surface area contributed by atoms with Gasteiger partial charge in [0.15, 0.2) is 5.78 Å². The monoisotopic (exact) mass is 357 g/mol. The van der Waals surface area contributed by atoms with Gasteiger partial charge in [0.2, 0.25) is 0 Å². The van der Waals surface area contributed by atoms with Crippen LogP contribution in [0.1, 0.15) is 46.8 Å². The Kier molecular flexibility index (Phi) is 3.90. The van der Waals surface area contributed by atoms with E-state index in [1.165, 1.54) is 5.56 Å². The Morgan fingerprint density at radius 1 is 1.17 bits per heavy atom. The van der Waals surface area contributed by atoms with Crippen LogP contribution in [0.3, 0.4) is 0 Å². The third-order valence-electron chi connectivity index (χ3n) is 5.08. The minimum Gasteiger partial charge on any atom is -0.378 e. The minimum atomic E-state index is 0.0573. The fraction of sp³-hybridized carbons (Fsp3) is 0.250. The summed E-state index contributed by atoms with van der Waals surface area (Å²) in [5.74, 6) is 0.711. The summed E-state index contributed by atoms with van der Waals surface area (Å²) in [5, 5.41) is 4.99. The summed E-state index contributed by atoms with van der Waals surface area (Å²) >= 11 is 12.9. The van der Waals surface area contributed by atoms with Gasteiger partial charge < -0.3 is 5.32 Å². The maximum atomic E-state index is 11.7. The first-order valence-electron chi connectivity index (χ1n) is 8.08. The van der Waals surface area contributed by atoms with E-state index < -0.39 is 0 Å². The molecule has 0 amide bonds. The number of hydrogen-bond acceptors (Lipinski definition) is 2. The van der Waals surface area contributed by atoms with Gasteiger partial charge in [0.05, 0.1) is 6.04 Å². The van der Waals surface area contributed by atoms with Crippen LogP contribution in [0.2, 0.25) is 10.0 Å². The Balaban J connectivity index is 1.83. The molecule has 2 aromatic carbocycles. The number of halogens is 2. The van der Waals surface area contributed by atoms with Gasteiger partial charge in [-0.3, -0.25) is 4.79 Å². The Bertz CT molecular complexity index is 838. The van der Waals surface area contributed by atoms with Gasteiger partial charge in [-0.15, -0.1) is 0 Å². The minimum absolute atomic E-state index is 0.0573. The topological polar surface area (TPSA) is 29.1 Å². The molecule has 0 bridgehead atoms. The molecule has 1 heterocycles. The second-order valence-corrected chi connectivity index (χ2v) is 7.28. The average molecular weight is 358 g/mol. The van der Waals surface area contributed by atoms with Crippen LogP contribution in [-0.4, -0.2) is 5.78 Å². The summed E-state index contributed by atoms with van der Waals surface area (Å²) in [6, 6.07) is 11.6. The summed E-state index contributed by atoms with van der Waals surface area (Å²) in [4.78, 5) is 11.7. The lowest BCUT2D eigenvalue weighted by atomic mass is 9.76. The van der Waals surface area contributed by atoms with E-state index in [9.17, 15) is 4.79 Å². The Morgan fingerprint density at radius 2 is 1.92 bits per heavy atom. The summed E-state index contributed by atoms with van der Waals surface area (Å²) in [7, 11) is 0. The molecule has 1 N–H and O–H groups in total. The maximum absolute atomic E-state index is 11.7. The van der Waals surface area contributed by atoms with Gasteiger partial charge >= 0.3 is 0 Å². The lowest BCUT2D eigenvalue weighted by Crippen LogP contribution is -2.29. The zero-order valence-corrected chi connectivity index (χ0v) is 14.7. The highest BCUT2D eigenvalue weighted by molar-refractivity contribution is 6.36. The van der Waals surface area contributed by atoms with Crippen molar-refractivity contribution in [1.29, 1.82) is 0 Å². The molecule has 4 heteroatoms. The first kappa shape index (κ1) is 15.7. The number of anilines is 1. The van der Waals surface area contributed by atoms with Crippen LogP contribution in [0.5, 0.6) is 0 Å². The second-order valence-electron chi connectivity index (χ2n) is 6.47. The normalized spacial score (nSPS) is 24.2. The summed E-state index contributed by atoms with van der Waals surface area (Å²) < 4.78 is 0. The molecule has 0 fully saturated rings. The van der Waals surface area contributed by atoms with E-state index in [1.807, 2.05) is 36.4 Å². The Morgan fingerprint density at radius 3 is 2.62 bits per heavy atom. The fourth-order valence-corrected chi connectivity index (χ4v) is 4.54. The SMILES string of the molecule is CC(=O)c1ccc2c(c1)[C@@H]1C=CC[C@@H]1[C@H](c1c(Cl)cccc1Cl)N2. The predicted octanol–water partition coefficient (Wildman–Crippen LogP) is 6.02. The van der Waals surface area contributed by atoms with E-state index in [4.69, 9.17) is 23.2 Å². The number of fused-ring (bicyclic) bond motifs is 3. The van der Waals surface area contributed by atoms with Gasteiger partial charge in [-0.2, -0.15) is 0 Å². The number of carbonyl (C=O) groups is 1. The third-order valence-corrected chi connectivity index (χ3v) is 5.74. The van der Waals surface area contributed by atoms with E-state index in [0.717, 1.165) is 23.2 Å². The zero-order chi connectivity index (χ0) is 16.8. The van der Waals surface area contributed by atoms with Crippen molar-refractivity contribution >= 4 is 34.7 Å². The molecule has 3 atom stereocenters. The lowest BCUT2D eigenvalue weighted by molar-refractivity contribution is 0.101. The van der Waals surface area contributed by atoms with Gasteiger partial charge in [-0.25, -0.2) is 0 Å². The average Bonchev–Trinajstić information content (AvgIpc) is 3.04. The van der Waals surface area contributed by atoms with E-state index in [-0.39, 0.29) is 17.7 Å². The van der Waals surface area contributed by atoms with Crippen molar-refractivity contribution < 1.29 is 4.79 Å². The van der Waals surface area contributed by atoms with Crippen LogP contribution >= 0.6 is 23.2 Å². The van der Waals surface area contributed by atoms with Crippen molar-refractivity contribution in [2.24, 2.45) is 5.92 Å². The molecule has 4 rings (SSSR count). The lowest BCUT2D eigenvalue weighted by Gasteiger charge is -2.38. The van der Waals surface area contributed by atoms with Gasteiger partial charge in [-0.1, -0.05) is 41.4 Å². The van der Waals surface area contributed by atoms with Crippen LogP contribution < -0.4 is 5.32 Å². The molecule has 0 saturated heterocycles. The van der Waals surface area contributed by atoms with E-state index >= 15 is 0 Å². The molecule has 0 spiro atoms. The summed E-state index contributed by atoms with van der Waals surface area (Å²) in [5.41, 5.74) is 3.94. The van der Waals surface area contributed by atoms with Crippen molar-refractivity contribution in [1.82, 2.24) is 0 Å². The molecule has 2 aromatic rings. The van der Waals surface area contributed by atoms with Gasteiger partial charge in [0.1, 0.15) is 0 Å². The van der Waals surface area contributed by atoms with Crippen LogP contribution in [0.15, 0.2) is 48.6 Å². The number of nitrogens with one attached hydrogen (secondary N) is 1. The first-order chi connectivity index (χ1) is 11.6. The van der Waals surface area contributed by atoms with Gasteiger partial charge in [-0.05, 0) is 55.2 Å². The highest BCUT2D eigenvalue weighted by Gasteiger charge is 2.39. The fourth-order valence-electron chi connectivity index (χ4n) is 3.91. The number of Topliss-reactive ketones (excluding diaryl/α,β-unsaturated/α-hetero) is 1. The van der Waals surface area contributed by atoms with Crippen LogP contribution in [0.4, 0.5) is 5.69 Å². The Labute approximate surface area is 151 Å². The largest absolute Gasteiger partial charge is 0.378 e. The molecular weight excluding hydrogens is 341 g/mol. The van der Waals surface area contributed by atoms with Crippen molar-refractivity contribution in [2.75, 3.05) is 5.32 Å². The number of ketones is 1. The second kappa shape index (κ2) is 5.94. The number of benzene rings is 2. The molecule has 0 aromatic heterocycles. The van der Waals surface area contributed by atoms with E-state index in [2.05, 4.69) is 17.5 Å². The zero-order valence-electron chi connectivity index (χ0n) is 13.2. The van der Waals surface area contributed by atoms with Crippen molar-refractivity contribution in [3.05, 3.63) is 75.3 Å². The van der Waals surface area contributed by atoms with Crippen LogP contribution in [-0.2, 0) is 0 Å². The van der Waals surface area contributed by atoms with Gasteiger partial charge in [0, 0.05) is 32.8 Å². The number of carbonyl (C=O) groups excluding carboxylic acids is 1. The molecule has 1 aliphatic carbocycles. The van der Waals surface area contributed by atoms with E-state index in [0.29, 0.717) is 16.0 Å². The summed E-state index contributed by atoms with van der Waals surface area (Å²) in [6.45, 7) is 1.60. The molecular formula is C20H17Cl2NO. The van der Waals surface area contributed by atoms with Crippen molar-refractivity contribution in [3.63, 3.8) is 0 Å². The quantitative estimate of drug-likeness (QED) is 0.525. The van der Waals surface area contributed by atoms with Crippen molar-refractivity contribution in [2.45, 2.75) is 25.3 Å². The number of rotatable bonds is 2. The molecule has 0 radical (unpaired) electrons. The van der Waals surface area contributed by atoms with Crippen molar-refractivity contribution in [3.8, 4) is 0 Å². The predicted molar refractivity (Wildman–Crippen MR) is 99.3 cm³/mol. The molecule has 0 unspecified atom stereocenters. The van der Waals surface area contributed by atoms with Crippen LogP contribution in [0, 0.1) is 5.92 Å². The third kappa shape index (κ3) is 2.45. The molecule has 24 heavy (non-hydrogen) atoms. The Hall–Kier alpha value is -1.77. The van der Waals surface area contributed by atoms with Gasteiger partial charge in [0.25, 0.3) is 0 Å². The maximum Gasteiger partial charge on any atom is 0.159 e. The highest BCUT2D eigenvalue weighted by Crippen LogP contribution is 2.52. The molecule has 2 nitrogen and oxygen atoms in total. The molecule has 1 aliphatic heterocycles. The first-order valence-corrected chi connectivity index (χ1v) is 8.84. The highest BCUT2D eigenvalue weighted by atomic mass is 35.5. The smallest absolute Gasteiger partial charge is 0.159 e.